The normalized spacial score (nSPS) is 25.4. The summed E-state index contributed by atoms with van der Waals surface area (Å²) in [6.45, 7) is 2.34. The Morgan fingerprint density at radius 1 is 1.14 bits per heavy atom. The Hall–Kier alpha value is -1.21. The molecule has 1 rings (SSSR count). The lowest BCUT2D eigenvalue weighted by Crippen LogP contribution is -2.41. The van der Waals surface area contributed by atoms with Gasteiger partial charge in [-0.2, -0.15) is 0 Å². The van der Waals surface area contributed by atoms with E-state index in [9.17, 15) is 14.2 Å². The van der Waals surface area contributed by atoms with E-state index in [1.54, 1.807) is 0 Å². The molecule has 1 heterocycles. The van der Waals surface area contributed by atoms with Crippen LogP contribution in [0.1, 0.15) is 13.8 Å². The molecule has 0 radical (unpaired) electrons. The van der Waals surface area contributed by atoms with Crippen LogP contribution in [0.15, 0.2) is 12.2 Å². The van der Waals surface area contributed by atoms with E-state index in [0.29, 0.717) is 0 Å². The van der Waals surface area contributed by atoms with Gasteiger partial charge in [0.05, 0.1) is 0 Å². The zero-order valence-corrected chi connectivity index (χ0v) is 13.2. The second-order valence-corrected chi connectivity index (χ2v) is 6.55. The highest BCUT2D eigenvalue weighted by Gasteiger charge is 2.40. The topological polar surface area (TPSA) is 97.4 Å². The van der Waals surface area contributed by atoms with Crippen molar-refractivity contribution < 1.29 is 37.4 Å². The van der Waals surface area contributed by atoms with Gasteiger partial charge >= 0.3 is 19.5 Å². The first-order valence-corrected chi connectivity index (χ1v) is 7.79. The van der Waals surface area contributed by atoms with E-state index >= 15 is 0 Å². The number of rotatable bonds is 6. The fraction of sp³-hybridized carbons (Fsp3) is 0.667. The molecule has 120 valence electrons. The molecule has 8 nitrogen and oxygen atoms in total. The Morgan fingerprint density at radius 3 is 2.24 bits per heavy atom. The predicted molar refractivity (Wildman–Crippen MR) is 71.6 cm³/mol. The molecule has 1 aliphatic rings. The van der Waals surface area contributed by atoms with E-state index in [2.05, 4.69) is 0 Å². The molecule has 0 bridgehead atoms. The summed E-state index contributed by atoms with van der Waals surface area (Å²) in [6, 6.07) is 0. The van der Waals surface area contributed by atoms with Crippen molar-refractivity contribution in [3.8, 4) is 0 Å². The Morgan fingerprint density at radius 2 is 1.76 bits per heavy atom. The second kappa shape index (κ2) is 7.70. The number of hydrogen-bond acceptors (Lipinski definition) is 8. The van der Waals surface area contributed by atoms with Gasteiger partial charge in [0.2, 0.25) is 0 Å². The van der Waals surface area contributed by atoms with Gasteiger partial charge in [-0.1, -0.05) is 0 Å². The Kier molecular flexibility index (Phi) is 6.54. The summed E-state index contributed by atoms with van der Waals surface area (Å²) in [5, 5.41) is 0. The molecule has 9 heteroatoms. The molecule has 0 aromatic rings. The van der Waals surface area contributed by atoms with Gasteiger partial charge in [-0.25, -0.2) is 0 Å². The van der Waals surface area contributed by atoms with Crippen molar-refractivity contribution in [2.24, 2.45) is 0 Å². The van der Waals surface area contributed by atoms with Crippen LogP contribution in [0, 0.1) is 0 Å². The van der Waals surface area contributed by atoms with Gasteiger partial charge in [-0.3, -0.25) is 14.2 Å². The molecule has 0 saturated heterocycles. The van der Waals surface area contributed by atoms with Crippen molar-refractivity contribution >= 4 is 19.5 Å². The first-order chi connectivity index (χ1) is 9.82. The number of esters is 2. The van der Waals surface area contributed by atoms with Gasteiger partial charge < -0.3 is 23.3 Å². The van der Waals surface area contributed by atoms with Gasteiger partial charge in [0.15, 0.2) is 5.85 Å². The third-order valence-corrected chi connectivity index (χ3v) is 4.65. The molecule has 0 aliphatic carbocycles. The standard InChI is InChI=1S/C12H19O8P/c1-8(13)18-7-11-10(19-9(2)14)5-6-12(20-11)21(15,16-3)17-4/h5-6,10-12H,7H2,1-4H3. The maximum absolute atomic E-state index is 12.3. The molecule has 0 fully saturated rings. The van der Waals surface area contributed by atoms with Crippen LogP contribution in [0.2, 0.25) is 0 Å². The molecule has 3 unspecified atom stereocenters. The maximum atomic E-state index is 12.3. The van der Waals surface area contributed by atoms with Crippen LogP contribution in [0.25, 0.3) is 0 Å². The molecule has 0 spiro atoms. The predicted octanol–water partition coefficient (Wildman–Crippen LogP) is 1.25. The minimum Gasteiger partial charge on any atom is -0.463 e. The highest BCUT2D eigenvalue weighted by Crippen LogP contribution is 2.53. The summed E-state index contributed by atoms with van der Waals surface area (Å²) in [5.74, 6) is -1.99. The molecular formula is C12H19O8P. The summed E-state index contributed by atoms with van der Waals surface area (Å²) >= 11 is 0. The first-order valence-electron chi connectivity index (χ1n) is 6.18. The number of ether oxygens (including phenoxy) is 3. The first kappa shape index (κ1) is 17.8. The molecule has 21 heavy (non-hydrogen) atoms. The monoisotopic (exact) mass is 322 g/mol. The zero-order chi connectivity index (χ0) is 16.0. The molecule has 3 atom stereocenters. The zero-order valence-electron chi connectivity index (χ0n) is 12.3. The Labute approximate surface area is 122 Å². The largest absolute Gasteiger partial charge is 0.463 e. The van der Waals surface area contributed by atoms with Crippen molar-refractivity contribution in [1.82, 2.24) is 0 Å². The van der Waals surface area contributed by atoms with Crippen molar-refractivity contribution in [2.75, 3.05) is 20.8 Å². The number of carbonyl (C=O) groups excluding carboxylic acids is 2. The Balaban J connectivity index is 2.89. The quantitative estimate of drug-likeness (QED) is 0.409. The van der Waals surface area contributed by atoms with Crippen LogP contribution in [-0.4, -0.2) is 50.8 Å². The van der Waals surface area contributed by atoms with Crippen molar-refractivity contribution in [3.05, 3.63) is 12.2 Å². The van der Waals surface area contributed by atoms with Gasteiger partial charge in [0.25, 0.3) is 0 Å². The van der Waals surface area contributed by atoms with Crippen LogP contribution >= 0.6 is 7.60 Å². The van der Waals surface area contributed by atoms with E-state index in [1.165, 1.54) is 40.2 Å². The fourth-order valence-corrected chi connectivity index (χ4v) is 2.91. The smallest absolute Gasteiger partial charge is 0.362 e. The van der Waals surface area contributed by atoms with Crippen LogP contribution in [0.5, 0.6) is 0 Å². The summed E-state index contributed by atoms with van der Waals surface area (Å²) in [5.41, 5.74) is 0. The SMILES string of the molecule is COP(=O)(OC)C1C=CC(OC(C)=O)C(COC(C)=O)O1. The summed E-state index contributed by atoms with van der Waals surface area (Å²) < 4.78 is 37.5. The van der Waals surface area contributed by atoms with Crippen molar-refractivity contribution in [3.63, 3.8) is 0 Å². The maximum Gasteiger partial charge on any atom is 0.362 e. The fourth-order valence-electron chi connectivity index (χ4n) is 1.73. The molecule has 1 aliphatic heterocycles. The molecule has 0 N–H and O–H groups in total. The average molecular weight is 322 g/mol. The van der Waals surface area contributed by atoms with Crippen molar-refractivity contribution in [2.45, 2.75) is 31.9 Å². The van der Waals surface area contributed by atoms with Crippen LogP contribution in [-0.2, 0) is 37.4 Å². The molecule has 0 aromatic carbocycles. The summed E-state index contributed by atoms with van der Waals surface area (Å²) in [7, 11) is -1.02. The van der Waals surface area contributed by atoms with Gasteiger partial charge in [-0.05, 0) is 12.2 Å². The summed E-state index contributed by atoms with van der Waals surface area (Å²) in [4.78, 5) is 22.0. The minimum absolute atomic E-state index is 0.151. The van der Waals surface area contributed by atoms with Gasteiger partial charge in [-0.15, -0.1) is 0 Å². The van der Waals surface area contributed by atoms with Crippen LogP contribution in [0.3, 0.4) is 0 Å². The lowest BCUT2D eigenvalue weighted by molar-refractivity contribution is -0.160. The third kappa shape index (κ3) is 4.93. The summed E-state index contributed by atoms with van der Waals surface area (Å²) in [6.07, 6.45) is 1.40. The molecular weight excluding hydrogens is 303 g/mol. The third-order valence-electron chi connectivity index (χ3n) is 2.72. The molecule has 0 saturated carbocycles. The number of hydrogen-bond donors (Lipinski definition) is 0. The lowest BCUT2D eigenvalue weighted by Gasteiger charge is -2.33. The van der Waals surface area contributed by atoms with Crippen molar-refractivity contribution in [1.29, 1.82) is 0 Å². The Bertz CT molecular complexity index is 452. The number of carbonyl (C=O) groups is 2. The highest BCUT2D eigenvalue weighted by molar-refractivity contribution is 7.54. The molecule has 0 aromatic heterocycles. The van der Waals surface area contributed by atoms with E-state index in [-0.39, 0.29) is 6.61 Å². The van der Waals surface area contributed by atoms with Gasteiger partial charge in [0.1, 0.15) is 18.8 Å². The van der Waals surface area contributed by atoms with Crippen LogP contribution < -0.4 is 0 Å². The molecule has 0 amide bonds. The second-order valence-electron chi connectivity index (χ2n) is 4.23. The highest BCUT2D eigenvalue weighted by atomic mass is 31.2. The van der Waals surface area contributed by atoms with Gasteiger partial charge in [0, 0.05) is 28.1 Å². The van der Waals surface area contributed by atoms with E-state index < -0.39 is 37.6 Å². The minimum atomic E-state index is -3.49. The van der Waals surface area contributed by atoms with E-state index in [4.69, 9.17) is 23.3 Å². The lowest BCUT2D eigenvalue weighted by atomic mass is 10.1. The van der Waals surface area contributed by atoms with E-state index in [0.717, 1.165) is 0 Å². The average Bonchev–Trinajstić information content (AvgIpc) is 2.44. The van der Waals surface area contributed by atoms with Crippen LogP contribution in [0.4, 0.5) is 0 Å². The van der Waals surface area contributed by atoms with E-state index in [1.807, 2.05) is 0 Å².